The van der Waals surface area contributed by atoms with Gasteiger partial charge in [-0.05, 0) is 45.6 Å². The fourth-order valence-corrected chi connectivity index (χ4v) is 4.76. The first kappa shape index (κ1) is 29.8. The monoisotopic (exact) mass is 573 g/mol. The molecule has 1 atom stereocenters. The number of ether oxygens (including phenoxy) is 1. The highest BCUT2D eigenvalue weighted by molar-refractivity contribution is 5.75. The molecule has 2 aromatic heterocycles. The number of anilines is 2. The average Bonchev–Trinajstić information content (AvgIpc) is 3.35. The Hall–Kier alpha value is -4.16. The first-order valence-corrected chi connectivity index (χ1v) is 13.3. The van der Waals surface area contributed by atoms with Crippen molar-refractivity contribution < 1.29 is 27.5 Å². The van der Waals surface area contributed by atoms with Gasteiger partial charge in [-0.15, -0.1) is 0 Å². The van der Waals surface area contributed by atoms with Crippen molar-refractivity contribution in [2.24, 2.45) is 5.73 Å². The number of benzene rings is 1. The number of carbonyl (C=O) groups excluding carboxylic acids is 2. The molecule has 3 N–H and O–H groups in total. The third-order valence-electron chi connectivity index (χ3n) is 6.63. The maximum atomic E-state index is 13.9. The summed E-state index contributed by atoms with van der Waals surface area (Å²) in [5.74, 6) is -1.70. The molecule has 3 aromatic rings. The van der Waals surface area contributed by atoms with E-state index in [2.05, 4.69) is 20.4 Å². The van der Waals surface area contributed by atoms with E-state index in [1.54, 1.807) is 46.1 Å². The molecule has 0 radical (unpaired) electrons. The Balaban J connectivity index is 1.50. The lowest BCUT2D eigenvalue weighted by Gasteiger charge is -2.33. The van der Waals surface area contributed by atoms with E-state index < -0.39 is 29.2 Å². The van der Waals surface area contributed by atoms with Crippen molar-refractivity contribution in [3.8, 4) is 0 Å². The first-order chi connectivity index (χ1) is 19.3. The minimum atomic E-state index is -4.72. The lowest BCUT2D eigenvalue weighted by molar-refractivity contribution is -0.139. The molecule has 2 amide bonds. The zero-order valence-electron chi connectivity index (χ0n) is 23.2. The molecule has 1 fully saturated rings. The van der Waals surface area contributed by atoms with Crippen LogP contribution < -0.4 is 11.1 Å². The number of alkyl halides is 3. The number of likely N-dealkylation sites (tertiary alicyclic amines) is 1. The summed E-state index contributed by atoms with van der Waals surface area (Å²) >= 11 is 0. The molecule has 3 heterocycles. The first-order valence-electron chi connectivity index (χ1n) is 13.3. The second kappa shape index (κ2) is 12.1. The molecule has 1 unspecified atom stereocenters. The van der Waals surface area contributed by atoms with Gasteiger partial charge in [0.05, 0.1) is 29.2 Å². The zero-order valence-corrected chi connectivity index (χ0v) is 23.2. The van der Waals surface area contributed by atoms with Crippen LogP contribution in [-0.4, -0.2) is 55.3 Å². The number of nitrogens with one attached hydrogen (secondary N) is 1. The van der Waals surface area contributed by atoms with E-state index in [0.29, 0.717) is 31.6 Å². The Morgan fingerprint density at radius 3 is 2.41 bits per heavy atom. The smallest absolute Gasteiger partial charge is 0.419 e. The highest BCUT2D eigenvalue weighted by atomic mass is 19.4. The van der Waals surface area contributed by atoms with E-state index in [9.17, 15) is 22.8 Å². The van der Waals surface area contributed by atoms with Crippen molar-refractivity contribution in [2.45, 2.75) is 70.2 Å². The van der Waals surface area contributed by atoms with Gasteiger partial charge < -0.3 is 20.7 Å². The number of hydrogen-bond donors (Lipinski definition) is 2. The maximum absolute atomic E-state index is 13.9. The van der Waals surface area contributed by atoms with E-state index in [-0.39, 0.29) is 36.6 Å². The maximum Gasteiger partial charge on any atom is 0.419 e. The number of piperidine rings is 1. The van der Waals surface area contributed by atoms with Gasteiger partial charge in [0.2, 0.25) is 11.9 Å². The second-order valence-electron chi connectivity index (χ2n) is 11.1. The number of nitrogens with two attached hydrogens (primary N) is 1. The Morgan fingerprint density at radius 1 is 1.12 bits per heavy atom. The van der Waals surface area contributed by atoms with Gasteiger partial charge in [-0.1, -0.05) is 30.3 Å². The summed E-state index contributed by atoms with van der Waals surface area (Å²) in [6.45, 7) is 6.48. The molecule has 1 aromatic carbocycles. The molecule has 1 aliphatic heterocycles. The summed E-state index contributed by atoms with van der Waals surface area (Å²) in [7, 11) is 0. The van der Waals surface area contributed by atoms with Gasteiger partial charge in [-0.25, -0.2) is 14.8 Å². The highest BCUT2D eigenvalue weighted by Crippen LogP contribution is 2.37. The largest absolute Gasteiger partial charge is 0.444 e. The summed E-state index contributed by atoms with van der Waals surface area (Å²) in [6.07, 6.45) is 0.0596. The fourth-order valence-electron chi connectivity index (χ4n) is 4.76. The van der Waals surface area contributed by atoms with Crippen LogP contribution in [0.5, 0.6) is 0 Å². The van der Waals surface area contributed by atoms with Crippen LogP contribution in [0.3, 0.4) is 0 Å². The third kappa shape index (κ3) is 8.18. The van der Waals surface area contributed by atoms with Gasteiger partial charge in [-0.3, -0.25) is 9.48 Å². The molecule has 0 bridgehead atoms. The van der Waals surface area contributed by atoms with Gasteiger partial charge in [0.1, 0.15) is 5.60 Å². The predicted molar refractivity (Wildman–Crippen MR) is 145 cm³/mol. The molecule has 41 heavy (non-hydrogen) atoms. The normalized spacial score (nSPS) is 15.4. The van der Waals surface area contributed by atoms with E-state index in [1.807, 2.05) is 20.8 Å². The molecule has 0 aliphatic carbocycles. The Morgan fingerprint density at radius 2 is 1.80 bits per heavy atom. The summed E-state index contributed by atoms with van der Waals surface area (Å²) < 4.78 is 49.0. The number of nitrogens with zero attached hydrogens (tertiary/aromatic N) is 5. The van der Waals surface area contributed by atoms with Crippen LogP contribution in [0.2, 0.25) is 0 Å². The molecule has 1 saturated heterocycles. The average molecular weight is 574 g/mol. The van der Waals surface area contributed by atoms with Gasteiger partial charge in [0, 0.05) is 37.8 Å². The number of carbonyl (C=O) groups is 2. The van der Waals surface area contributed by atoms with Gasteiger partial charge in [-0.2, -0.15) is 18.3 Å². The molecule has 0 saturated carbocycles. The number of amides is 2. The van der Waals surface area contributed by atoms with E-state index in [0.717, 1.165) is 11.8 Å². The summed E-state index contributed by atoms with van der Waals surface area (Å²) in [5.41, 5.74) is 4.75. The van der Waals surface area contributed by atoms with Crippen molar-refractivity contribution in [2.75, 3.05) is 18.4 Å². The number of halogens is 3. The second-order valence-corrected chi connectivity index (χ2v) is 11.1. The predicted octanol–water partition coefficient (Wildman–Crippen LogP) is 5.21. The Kier molecular flexibility index (Phi) is 8.83. The molecular weight excluding hydrogens is 539 g/mol. The van der Waals surface area contributed by atoms with Gasteiger partial charge in [0.25, 0.3) is 0 Å². The van der Waals surface area contributed by atoms with Gasteiger partial charge in [0.15, 0.2) is 0 Å². The fraction of sp³-hybridized carbons (Fsp3) is 0.464. The highest BCUT2D eigenvalue weighted by Gasteiger charge is 2.38. The molecular formula is C28H34F3N7O3. The van der Waals surface area contributed by atoms with Crippen LogP contribution >= 0.6 is 0 Å². The van der Waals surface area contributed by atoms with Crippen LogP contribution in [0.4, 0.5) is 29.6 Å². The SMILES string of the molecule is CC(C)(C)OC(=O)N1CCC(n2cc(Nc3ncc(C(F)(F)F)c(C(CC(N)=O)Cc4ccccc4)n3)cn2)CC1. The van der Waals surface area contributed by atoms with E-state index in [4.69, 9.17) is 10.5 Å². The van der Waals surface area contributed by atoms with Crippen LogP contribution in [-0.2, 0) is 22.1 Å². The van der Waals surface area contributed by atoms with Gasteiger partial charge >= 0.3 is 12.3 Å². The third-order valence-corrected chi connectivity index (χ3v) is 6.63. The molecule has 1 aliphatic rings. The van der Waals surface area contributed by atoms with Crippen molar-refractivity contribution >= 4 is 23.6 Å². The van der Waals surface area contributed by atoms with Crippen molar-refractivity contribution in [3.05, 3.63) is 65.7 Å². The topological polar surface area (TPSA) is 128 Å². The lowest BCUT2D eigenvalue weighted by Crippen LogP contribution is -2.42. The van der Waals surface area contributed by atoms with Crippen molar-refractivity contribution in [1.82, 2.24) is 24.6 Å². The molecule has 4 rings (SSSR count). The van der Waals surface area contributed by atoms with E-state index in [1.165, 1.54) is 6.20 Å². The zero-order chi connectivity index (χ0) is 29.8. The quantitative estimate of drug-likeness (QED) is 0.379. The van der Waals surface area contributed by atoms with Crippen molar-refractivity contribution in [1.29, 1.82) is 0 Å². The summed E-state index contributed by atoms with van der Waals surface area (Å²) in [6, 6.07) is 8.91. The van der Waals surface area contributed by atoms with Crippen LogP contribution in [0.25, 0.3) is 0 Å². The van der Waals surface area contributed by atoms with Crippen LogP contribution in [0, 0.1) is 0 Å². The van der Waals surface area contributed by atoms with Crippen LogP contribution in [0.15, 0.2) is 48.9 Å². The van der Waals surface area contributed by atoms with Crippen LogP contribution in [0.1, 0.15) is 68.8 Å². The molecule has 220 valence electrons. The standard InChI is InChI=1S/C28H34F3N7O3/c1-27(2,3)41-26(40)37-11-9-21(10-12-37)38-17-20(15-34-38)35-25-33-16-22(28(29,30)31)24(36-25)19(14-23(32)39)13-18-7-5-4-6-8-18/h4-8,15-17,19,21H,9-14H2,1-3H3,(H2,32,39)(H,33,35,36). The Labute approximate surface area is 236 Å². The number of primary amides is 1. The number of aromatic nitrogens is 4. The summed E-state index contributed by atoms with van der Waals surface area (Å²) in [5, 5.41) is 7.33. The number of hydrogen-bond acceptors (Lipinski definition) is 7. The minimum Gasteiger partial charge on any atom is -0.444 e. The summed E-state index contributed by atoms with van der Waals surface area (Å²) in [4.78, 5) is 34.0. The van der Waals surface area contributed by atoms with Crippen molar-refractivity contribution in [3.63, 3.8) is 0 Å². The minimum absolute atomic E-state index is 0.0270. The molecule has 10 nitrogen and oxygen atoms in total. The molecule has 13 heteroatoms. The van der Waals surface area contributed by atoms with E-state index >= 15 is 0 Å². The number of rotatable bonds is 8. The molecule has 0 spiro atoms. The lowest BCUT2D eigenvalue weighted by atomic mass is 9.90. The Bertz CT molecular complexity index is 1350.